The van der Waals surface area contributed by atoms with Crippen molar-refractivity contribution in [1.82, 2.24) is 4.98 Å². The number of aromatic amines is 1. The first-order valence-corrected chi connectivity index (χ1v) is 8.89. The molecule has 1 aromatic heterocycles. The number of carbonyl (C=O) groups excluding carboxylic acids is 1. The second kappa shape index (κ2) is 5.76. The van der Waals surface area contributed by atoms with Gasteiger partial charge >= 0.3 is 0 Å². The van der Waals surface area contributed by atoms with Gasteiger partial charge in [-0.15, -0.1) is 0 Å². The van der Waals surface area contributed by atoms with Crippen molar-refractivity contribution in [1.29, 1.82) is 0 Å². The van der Waals surface area contributed by atoms with Crippen LogP contribution in [0.5, 0.6) is 0 Å². The Labute approximate surface area is 146 Å². The van der Waals surface area contributed by atoms with Gasteiger partial charge in [-0.3, -0.25) is 9.59 Å². The summed E-state index contributed by atoms with van der Waals surface area (Å²) in [4.78, 5) is 28.1. The van der Waals surface area contributed by atoms with E-state index in [1.54, 1.807) is 6.20 Å². The first-order chi connectivity index (χ1) is 11.9. The van der Waals surface area contributed by atoms with Crippen molar-refractivity contribution in [3.63, 3.8) is 0 Å². The number of pyridine rings is 1. The summed E-state index contributed by atoms with van der Waals surface area (Å²) >= 11 is 0. The van der Waals surface area contributed by atoms with E-state index in [1.807, 2.05) is 32.0 Å². The first-order valence-electron chi connectivity index (χ1n) is 8.89. The molecule has 2 aliphatic rings. The molecule has 1 amide bonds. The van der Waals surface area contributed by atoms with Gasteiger partial charge in [0.1, 0.15) is 5.69 Å². The van der Waals surface area contributed by atoms with Gasteiger partial charge in [0, 0.05) is 34.2 Å². The summed E-state index contributed by atoms with van der Waals surface area (Å²) in [5.74, 6) is 0.0480. The molecule has 0 saturated heterocycles. The number of nitrogens with one attached hydrogen (secondary N) is 3. The van der Waals surface area contributed by atoms with Crippen LogP contribution in [0.25, 0.3) is 0 Å². The summed E-state index contributed by atoms with van der Waals surface area (Å²) in [7, 11) is 0. The van der Waals surface area contributed by atoms with Crippen LogP contribution in [0.1, 0.15) is 43.5 Å². The molecule has 0 spiro atoms. The van der Waals surface area contributed by atoms with Gasteiger partial charge in [0.25, 0.3) is 0 Å². The summed E-state index contributed by atoms with van der Waals surface area (Å²) < 4.78 is 0. The Balaban J connectivity index is 1.65. The normalized spacial score (nSPS) is 18.1. The Kier molecular flexibility index (Phi) is 3.67. The molecule has 1 aliphatic carbocycles. The minimum Gasteiger partial charge on any atom is -0.363 e. The summed E-state index contributed by atoms with van der Waals surface area (Å²) in [5.41, 5.74) is 5.07. The van der Waals surface area contributed by atoms with Crippen LogP contribution < -0.4 is 16.1 Å². The van der Waals surface area contributed by atoms with E-state index >= 15 is 0 Å². The van der Waals surface area contributed by atoms with Crippen molar-refractivity contribution >= 4 is 23.0 Å². The molecule has 1 aliphatic heterocycles. The lowest BCUT2D eigenvalue weighted by Crippen LogP contribution is -2.37. The number of hydrogen-bond donors (Lipinski definition) is 3. The molecule has 2 heterocycles. The minimum atomic E-state index is -0.422. The maximum Gasteiger partial charge on any atom is 0.230 e. The van der Waals surface area contributed by atoms with Gasteiger partial charge < -0.3 is 15.6 Å². The Hall–Kier alpha value is -2.56. The molecule has 0 unspecified atom stereocenters. The third-order valence-corrected chi connectivity index (χ3v) is 5.26. The molecule has 0 atom stereocenters. The molecule has 2 aromatic rings. The molecule has 25 heavy (non-hydrogen) atoms. The van der Waals surface area contributed by atoms with Gasteiger partial charge in [-0.25, -0.2) is 0 Å². The molecule has 1 aromatic carbocycles. The standard InChI is InChI=1S/C20H23N3O2/c1-20(2)10-12-9-13(7-8-15(12)23-19(20)25)22-17-11-21-16-6-4-3-5-14(16)18(17)24/h7-9,11,22H,3-6,10H2,1-2H3,(H,21,24)(H,23,25). The Bertz CT molecular complexity index is 912. The van der Waals surface area contributed by atoms with E-state index in [2.05, 4.69) is 15.6 Å². The Morgan fingerprint density at radius 2 is 1.92 bits per heavy atom. The predicted octanol–water partition coefficient (Wildman–Crippen LogP) is 3.52. The fourth-order valence-electron chi connectivity index (χ4n) is 3.74. The van der Waals surface area contributed by atoms with Gasteiger partial charge in [0.2, 0.25) is 11.3 Å². The van der Waals surface area contributed by atoms with Crippen molar-refractivity contribution in [3.05, 3.63) is 51.4 Å². The van der Waals surface area contributed by atoms with Crippen molar-refractivity contribution in [2.24, 2.45) is 5.41 Å². The van der Waals surface area contributed by atoms with Crippen LogP contribution in [0.3, 0.4) is 0 Å². The van der Waals surface area contributed by atoms with E-state index in [4.69, 9.17) is 0 Å². The zero-order valence-electron chi connectivity index (χ0n) is 14.7. The lowest BCUT2D eigenvalue weighted by Gasteiger charge is -2.30. The van der Waals surface area contributed by atoms with Gasteiger partial charge in [-0.1, -0.05) is 13.8 Å². The third-order valence-electron chi connectivity index (χ3n) is 5.26. The van der Waals surface area contributed by atoms with Crippen molar-refractivity contribution in [2.75, 3.05) is 10.6 Å². The quantitative estimate of drug-likeness (QED) is 0.785. The van der Waals surface area contributed by atoms with E-state index in [-0.39, 0.29) is 11.3 Å². The van der Waals surface area contributed by atoms with Gasteiger partial charge in [0.05, 0.1) is 0 Å². The van der Waals surface area contributed by atoms with Gasteiger partial charge in [-0.2, -0.15) is 0 Å². The average Bonchev–Trinajstić information content (AvgIpc) is 2.58. The molecule has 4 rings (SSSR count). The number of rotatable bonds is 2. The molecular weight excluding hydrogens is 314 g/mol. The molecular formula is C20H23N3O2. The number of fused-ring (bicyclic) bond motifs is 2. The zero-order chi connectivity index (χ0) is 17.6. The second-order valence-corrected chi connectivity index (χ2v) is 7.71. The van der Waals surface area contributed by atoms with E-state index in [0.717, 1.165) is 53.9 Å². The van der Waals surface area contributed by atoms with Gasteiger partial charge in [0.15, 0.2) is 0 Å². The maximum absolute atomic E-state index is 12.7. The lowest BCUT2D eigenvalue weighted by atomic mass is 9.81. The number of H-pyrrole nitrogens is 1. The van der Waals surface area contributed by atoms with Gasteiger partial charge in [-0.05, 0) is 55.9 Å². The SMILES string of the molecule is CC1(C)Cc2cc(Nc3c[nH]c4c(c3=O)CCCC4)ccc2NC1=O. The van der Waals surface area contributed by atoms with Crippen LogP contribution in [0.2, 0.25) is 0 Å². The average molecular weight is 337 g/mol. The minimum absolute atomic E-state index is 0.0480. The Morgan fingerprint density at radius 3 is 2.76 bits per heavy atom. The zero-order valence-corrected chi connectivity index (χ0v) is 14.7. The first kappa shape index (κ1) is 15.9. The second-order valence-electron chi connectivity index (χ2n) is 7.71. The van der Waals surface area contributed by atoms with Crippen LogP contribution in [-0.2, 0) is 24.1 Å². The predicted molar refractivity (Wildman–Crippen MR) is 99.5 cm³/mol. The van der Waals surface area contributed by atoms with Crippen LogP contribution >= 0.6 is 0 Å². The van der Waals surface area contributed by atoms with Crippen LogP contribution in [0.15, 0.2) is 29.2 Å². The fraction of sp³-hybridized carbons (Fsp3) is 0.400. The highest BCUT2D eigenvalue weighted by Gasteiger charge is 2.33. The molecule has 5 nitrogen and oxygen atoms in total. The number of aryl methyl sites for hydroxylation is 1. The molecule has 0 fully saturated rings. The number of hydrogen-bond acceptors (Lipinski definition) is 3. The highest BCUT2D eigenvalue weighted by Crippen LogP contribution is 2.35. The maximum atomic E-state index is 12.7. The molecule has 5 heteroatoms. The van der Waals surface area contributed by atoms with Crippen molar-refractivity contribution in [2.45, 2.75) is 46.0 Å². The largest absolute Gasteiger partial charge is 0.363 e. The molecule has 0 saturated carbocycles. The summed E-state index contributed by atoms with van der Waals surface area (Å²) in [6.07, 6.45) is 6.49. The third kappa shape index (κ3) is 2.84. The van der Waals surface area contributed by atoms with E-state index in [9.17, 15) is 9.59 Å². The van der Waals surface area contributed by atoms with E-state index in [0.29, 0.717) is 12.1 Å². The number of carbonyl (C=O) groups is 1. The number of benzene rings is 1. The van der Waals surface area contributed by atoms with Crippen molar-refractivity contribution < 1.29 is 4.79 Å². The number of amides is 1. The van der Waals surface area contributed by atoms with Crippen LogP contribution in [0.4, 0.5) is 17.1 Å². The number of aromatic nitrogens is 1. The molecule has 130 valence electrons. The topological polar surface area (TPSA) is 74.0 Å². The summed E-state index contributed by atoms with van der Waals surface area (Å²) in [6.45, 7) is 3.89. The number of anilines is 3. The highest BCUT2D eigenvalue weighted by molar-refractivity contribution is 5.98. The lowest BCUT2D eigenvalue weighted by molar-refractivity contribution is -0.124. The van der Waals surface area contributed by atoms with E-state index < -0.39 is 5.41 Å². The fourth-order valence-corrected chi connectivity index (χ4v) is 3.74. The Morgan fingerprint density at radius 1 is 1.12 bits per heavy atom. The summed E-state index contributed by atoms with van der Waals surface area (Å²) in [5, 5.41) is 6.21. The summed E-state index contributed by atoms with van der Waals surface area (Å²) in [6, 6.07) is 5.82. The smallest absolute Gasteiger partial charge is 0.230 e. The van der Waals surface area contributed by atoms with Crippen molar-refractivity contribution in [3.8, 4) is 0 Å². The van der Waals surface area contributed by atoms with E-state index in [1.165, 1.54) is 0 Å². The molecule has 0 bridgehead atoms. The van der Waals surface area contributed by atoms with Crippen LogP contribution in [-0.4, -0.2) is 10.9 Å². The molecule has 3 N–H and O–H groups in total. The highest BCUT2D eigenvalue weighted by atomic mass is 16.2. The van der Waals surface area contributed by atoms with Crippen LogP contribution in [0, 0.1) is 5.41 Å². The monoisotopic (exact) mass is 337 g/mol. The molecule has 0 radical (unpaired) electrons.